The van der Waals surface area contributed by atoms with Crippen molar-refractivity contribution in [3.63, 3.8) is 0 Å². The first-order valence-corrected chi connectivity index (χ1v) is 6.75. The third-order valence-electron chi connectivity index (χ3n) is 2.62. The van der Waals surface area contributed by atoms with Crippen LogP contribution in [0.5, 0.6) is 0 Å². The Bertz CT molecular complexity index is 581. The Morgan fingerprint density at radius 1 is 1.33 bits per heavy atom. The highest BCUT2D eigenvalue weighted by Crippen LogP contribution is 2.33. The summed E-state index contributed by atoms with van der Waals surface area (Å²) in [6, 6.07) is 7.82. The minimum absolute atomic E-state index is 0.0705. The number of thiophene rings is 1. The molecule has 0 bridgehead atoms. The molecule has 3 nitrogen and oxygen atoms in total. The van der Waals surface area contributed by atoms with Crippen LogP contribution in [0.1, 0.15) is 30.4 Å². The van der Waals surface area contributed by atoms with E-state index in [-0.39, 0.29) is 11.3 Å². The molecule has 0 atom stereocenters. The Labute approximate surface area is 111 Å². The molecule has 0 fully saturated rings. The second-order valence-electron chi connectivity index (χ2n) is 5.58. The van der Waals surface area contributed by atoms with Gasteiger partial charge in [-0.25, -0.2) is 0 Å². The zero-order valence-corrected chi connectivity index (χ0v) is 11.7. The van der Waals surface area contributed by atoms with Gasteiger partial charge in [-0.3, -0.25) is 4.79 Å². The molecule has 0 spiro atoms. The van der Waals surface area contributed by atoms with Gasteiger partial charge in [-0.05, 0) is 11.5 Å². The summed E-state index contributed by atoms with van der Waals surface area (Å²) in [5.74, 6) is -0.0800. The summed E-state index contributed by atoms with van der Waals surface area (Å²) in [6.45, 7) is 6.89. The number of carbonyl (C=O) groups is 1. The number of carbonyl (C=O) groups excluding carboxylic acids is 1. The molecule has 3 N–H and O–H groups in total. The Morgan fingerprint density at radius 2 is 2.00 bits per heavy atom. The fraction of sp³-hybridized carbons (Fsp3) is 0.357. The van der Waals surface area contributed by atoms with Crippen LogP contribution in [-0.4, -0.2) is 12.5 Å². The molecular weight excluding hydrogens is 244 g/mol. The molecule has 1 amide bonds. The maximum Gasteiger partial charge on any atom is 0.263 e. The molecule has 0 saturated carbocycles. The summed E-state index contributed by atoms with van der Waals surface area (Å²) in [4.78, 5) is 12.7. The van der Waals surface area contributed by atoms with Crippen molar-refractivity contribution in [3.05, 3.63) is 29.1 Å². The molecule has 0 saturated heterocycles. The van der Waals surface area contributed by atoms with E-state index in [1.54, 1.807) is 0 Å². The standard InChI is InChI=1S/C14H18N2OS/c1-14(2,3)8-16-13(17)12-11(15)9-6-4-5-7-10(9)18-12/h4-7H,8,15H2,1-3H3,(H,16,17). The van der Waals surface area contributed by atoms with Crippen molar-refractivity contribution < 1.29 is 4.79 Å². The molecule has 0 aliphatic heterocycles. The van der Waals surface area contributed by atoms with Crippen molar-refractivity contribution in [1.29, 1.82) is 0 Å². The van der Waals surface area contributed by atoms with Gasteiger partial charge in [-0.1, -0.05) is 39.0 Å². The van der Waals surface area contributed by atoms with E-state index in [4.69, 9.17) is 5.73 Å². The fourth-order valence-electron chi connectivity index (χ4n) is 1.66. The normalized spacial score (nSPS) is 11.7. The summed E-state index contributed by atoms with van der Waals surface area (Å²) in [6.07, 6.45) is 0. The van der Waals surface area contributed by atoms with Gasteiger partial charge in [0.2, 0.25) is 0 Å². The second-order valence-corrected chi connectivity index (χ2v) is 6.64. The SMILES string of the molecule is CC(C)(C)CNC(=O)c1sc2ccccc2c1N. The van der Waals surface area contributed by atoms with Crippen molar-refractivity contribution in [2.75, 3.05) is 12.3 Å². The van der Waals surface area contributed by atoms with Crippen LogP contribution in [0.25, 0.3) is 10.1 Å². The zero-order valence-electron chi connectivity index (χ0n) is 10.9. The third-order valence-corrected chi connectivity index (χ3v) is 3.80. The lowest BCUT2D eigenvalue weighted by atomic mass is 9.97. The highest BCUT2D eigenvalue weighted by atomic mass is 32.1. The molecule has 0 unspecified atom stereocenters. The molecule has 18 heavy (non-hydrogen) atoms. The number of hydrogen-bond acceptors (Lipinski definition) is 3. The number of benzene rings is 1. The molecule has 1 heterocycles. The lowest BCUT2D eigenvalue weighted by molar-refractivity contribution is 0.0944. The first kappa shape index (κ1) is 12.9. The predicted octanol–water partition coefficient (Wildman–Crippen LogP) is 3.26. The number of nitrogen functional groups attached to an aromatic ring is 1. The number of anilines is 1. The van der Waals surface area contributed by atoms with Gasteiger partial charge in [-0.15, -0.1) is 11.3 Å². The van der Waals surface area contributed by atoms with Gasteiger partial charge in [-0.2, -0.15) is 0 Å². The van der Waals surface area contributed by atoms with E-state index in [2.05, 4.69) is 26.1 Å². The van der Waals surface area contributed by atoms with Crippen LogP contribution in [0.4, 0.5) is 5.69 Å². The van der Waals surface area contributed by atoms with Crippen LogP contribution < -0.4 is 11.1 Å². The average Bonchev–Trinajstić information content (AvgIpc) is 2.64. The van der Waals surface area contributed by atoms with Crippen molar-refractivity contribution in [2.45, 2.75) is 20.8 Å². The van der Waals surface area contributed by atoms with Crippen LogP contribution in [0, 0.1) is 5.41 Å². The predicted molar refractivity (Wildman–Crippen MR) is 78.0 cm³/mol. The number of rotatable bonds is 2. The molecule has 2 rings (SSSR count). The molecule has 4 heteroatoms. The molecule has 1 aromatic carbocycles. The van der Waals surface area contributed by atoms with Crippen LogP contribution in [-0.2, 0) is 0 Å². The van der Waals surface area contributed by atoms with E-state index >= 15 is 0 Å². The van der Waals surface area contributed by atoms with Crippen LogP contribution in [0.2, 0.25) is 0 Å². The Morgan fingerprint density at radius 3 is 2.61 bits per heavy atom. The third kappa shape index (κ3) is 2.64. The fourth-order valence-corrected chi connectivity index (χ4v) is 2.70. The highest BCUT2D eigenvalue weighted by Gasteiger charge is 2.18. The molecule has 0 aliphatic rings. The minimum Gasteiger partial charge on any atom is -0.397 e. The summed E-state index contributed by atoms with van der Waals surface area (Å²) in [5.41, 5.74) is 6.68. The Balaban J connectivity index is 2.26. The minimum atomic E-state index is -0.0800. The van der Waals surface area contributed by atoms with Gasteiger partial charge in [0.25, 0.3) is 5.91 Å². The average molecular weight is 262 g/mol. The molecule has 0 radical (unpaired) electrons. The van der Waals surface area contributed by atoms with Gasteiger partial charge in [0.05, 0.1) is 5.69 Å². The zero-order chi connectivity index (χ0) is 13.3. The number of nitrogens with one attached hydrogen (secondary N) is 1. The number of hydrogen-bond donors (Lipinski definition) is 2. The first-order chi connectivity index (χ1) is 8.38. The van der Waals surface area contributed by atoms with E-state index < -0.39 is 0 Å². The van der Waals surface area contributed by atoms with Crippen molar-refractivity contribution >= 4 is 33.0 Å². The van der Waals surface area contributed by atoms with Crippen LogP contribution >= 0.6 is 11.3 Å². The van der Waals surface area contributed by atoms with Crippen molar-refractivity contribution in [1.82, 2.24) is 5.32 Å². The monoisotopic (exact) mass is 262 g/mol. The molecule has 1 aromatic heterocycles. The Hall–Kier alpha value is -1.55. The number of nitrogens with two attached hydrogens (primary N) is 1. The van der Waals surface area contributed by atoms with Gasteiger partial charge >= 0.3 is 0 Å². The van der Waals surface area contributed by atoms with Crippen molar-refractivity contribution in [2.24, 2.45) is 5.41 Å². The maximum atomic E-state index is 12.1. The number of fused-ring (bicyclic) bond motifs is 1. The van der Waals surface area contributed by atoms with Gasteiger partial charge < -0.3 is 11.1 Å². The summed E-state index contributed by atoms with van der Waals surface area (Å²) >= 11 is 1.45. The van der Waals surface area contributed by atoms with Crippen LogP contribution in [0.15, 0.2) is 24.3 Å². The molecule has 2 aromatic rings. The van der Waals surface area contributed by atoms with Gasteiger partial charge in [0, 0.05) is 16.6 Å². The van der Waals surface area contributed by atoms with Crippen LogP contribution in [0.3, 0.4) is 0 Å². The van der Waals surface area contributed by atoms with E-state index in [9.17, 15) is 4.79 Å². The van der Waals surface area contributed by atoms with E-state index in [0.717, 1.165) is 10.1 Å². The van der Waals surface area contributed by atoms with E-state index in [1.165, 1.54) is 11.3 Å². The smallest absolute Gasteiger partial charge is 0.263 e. The summed E-state index contributed by atoms with van der Waals surface area (Å²) < 4.78 is 1.05. The molecular formula is C14H18N2OS. The lowest BCUT2D eigenvalue weighted by Crippen LogP contribution is -2.32. The summed E-state index contributed by atoms with van der Waals surface area (Å²) in [5, 5.41) is 3.89. The number of amides is 1. The van der Waals surface area contributed by atoms with Gasteiger partial charge in [0.1, 0.15) is 4.88 Å². The Kier molecular flexibility index (Phi) is 3.30. The topological polar surface area (TPSA) is 55.1 Å². The lowest BCUT2D eigenvalue weighted by Gasteiger charge is -2.18. The molecule has 96 valence electrons. The van der Waals surface area contributed by atoms with Crippen molar-refractivity contribution in [3.8, 4) is 0 Å². The molecule has 0 aliphatic carbocycles. The van der Waals surface area contributed by atoms with E-state index in [1.807, 2.05) is 24.3 Å². The largest absolute Gasteiger partial charge is 0.397 e. The highest BCUT2D eigenvalue weighted by molar-refractivity contribution is 7.21. The quantitative estimate of drug-likeness (QED) is 0.872. The maximum absolute atomic E-state index is 12.1. The van der Waals surface area contributed by atoms with E-state index in [0.29, 0.717) is 17.1 Å². The second kappa shape index (κ2) is 4.61. The first-order valence-electron chi connectivity index (χ1n) is 5.94. The van der Waals surface area contributed by atoms with Gasteiger partial charge in [0.15, 0.2) is 0 Å². The summed E-state index contributed by atoms with van der Waals surface area (Å²) in [7, 11) is 0.